The van der Waals surface area contributed by atoms with Gasteiger partial charge in [-0.3, -0.25) is 0 Å². The molecule has 2 saturated carbocycles. The molecule has 2 rings (SSSR count). The largest absolute Gasteiger partial charge is 0.532 e. The van der Waals surface area contributed by atoms with Gasteiger partial charge in [-0.1, -0.05) is 48.7 Å². The molecule has 3 nitrogen and oxygen atoms in total. The highest BCUT2D eigenvalue weighted by atomic mass is 31.1. The van der Waals surface area contributed by atoms with E-state index in [1.807, 2.05) is 0 Å². The third-order valence-corrected chi connectivity index (χ3v) is 5.01. The smallest absolute Gasteiger partial charge is 0.0884 e. The summed E-state index contributed by atoms with van der Waals surface area (Å²) in [5.41, 5.74) is 0. The van der Waals surface area contributed by atoms with Crippen LogP contribution in [0.3, 0.4) is 0 Å². The molecule has 4 heteroatoms. The van der Waals surface area contributed by atoms with Gasteiger partial charge >= 0.3 is 8.10 Å². The van der Waals surface area contributed by atoms with E-state index >= 15 is 0 Å². The average molecular weight is 243 g/mol. The Morgan fingerprint density at radius 3 is 1.44 bits per heavy atom. The molecule has 0 bridgehead atoms. The molecule has 92 valence electrons. The minimum Gasteiger partial charge on any atom is -0.0884 e. The van der Waals surface area contributed by atoms with Crippen LogP contribution in [0, 0.1) is 0 Å². The molecule has 16 heavy (non-hydrogen) atoms. The summed E-state index contributed by atoms with van der Waals surface area (Å²) >= 11 is 0. The molecule has 0 radical (unpaired) electrons. The maximum absolute atomic E-state index is 11.9. The van der Waals surface area contributed by atoms with Gasteiger partial charge in [0.25, 0.3) is 0 Å². The Hall–Kier alpha value is 0.0200. The van der Waals surface area contributed by atoms with Crippen LogP contribution >= 0.6 is 8.10 Å². The maximum Gasteiger partial charge on any atom is 0.532 e. The fourth-order valence-corrected chi connectivity index (χ4v) is 4.09. The lowest BCUT2D eigenvalue weighted by Gasteiger charge is -2.20. The highest BCUT2D eigenvalue weighted by Crippen LogP contribution is 2.25. The average Bonchev–Trinajstić information content (AvgIpc) is 2.31. The van der Waals surface area contributed by atoms with Crippen molar-refractivity contribution < 1.29 is 4.57 Å². The Balaban J connectivity index is 1.66. The first-order valence-corrected chi connectivity index (χ1v) is 8.10. The van der Waals surface area contributed by atoms with Crippen LogP contribution in [-0.2, 0) is 4.57 Å². The van der Waals surface area contributed by atoms with E-state index in [9.17, 15) is 4.57 Å². The molecule has 0 atom stereocenters. The van der Waals surface area contributed by atoms with Crippen molar-refractivity contribution in [1.82, 2.24) is 10.2 Å². The number of rotatable bonds is 4. The van der Waals surface area contributed by atoms with Crippen LogP contribution < -0.4 is 10.2 Å². The van der Waals surface area contributed by atoms with Crippen LogP contribution in [0.1, 0.15) is 64.2 Å². The second-order valence-electron chi connectivity index (χ2n) is 5.22. The molecule has 2 N–H and O–H groups in total. The van der Waals surface area contributed by atoms with Crippen molar-refractivity contribution in [1.29, 1.82) is 0 Å². The molecular weight excluding hydrogens is 219 g/mol. The normalized spacial score (nSPS) is 24.5. The van der Waals surface area contributed by atoms with Gasteiger partial charge in [-0.25, -0.2) is 0 Å². The first kappa shape index (κ1) is 12.5. The first-order chi connectivity index (χ1) is 7.84. The minimum absolute atomic E-state index is 0.494. The zero-order valence-corrected chi connectivity index (χ0v) is 11.0. The molecule has 0 spiro atoms. The lowest BCUT2D eigenvalue weighted by atomic mass is 9.96. The molecule has 0 unspecified atom stereocenters. The lowest BCUT2D eigenvalue weighted by molar-refractivity contribution is 0.395. The Labute approximate surface area is 99.7 Å². The molecule has 2 fully saturated rings. The number of hydrogen-bond acceptors (Lipinski definition) is 1. The van der Waals surface area contributed by atoms with Gasteiger partial charge in [0.2, 0.25) is 0 Å². The van der Waals surface area contributed by atoms with Crippen molar-refractivity contribution in [2.45, 2.75) is 76.3 Å². The maximum atomic E-state index is 11.9. The van der Waals surface area contributed by atoms with E-state index in [1.54, 1.807) is 0 Å². The van der Waals surface area contributed by atoms with Crippen LogP contribution in [0.2, 0.25) is 0 Å². The first-order valence-electron chi connectivity index (χ1n) is 6.84. The predicted molar refractivity (Wildman–Crippen MR) is 67.6 cm³/mol. The quantitative estimate of drug-likeness (QED) is 0.743. The molecule has 2 aliphatic rings. The SMILES string of the molecule is O=[P+](NC1CCCCC1)NC1CCCCC1. The van der Waals surface area contributed by atoms with E-state index in [2.05, 4.69) is 10.2 Å². The third kappa shape index (κ3) is 4.12. The number of nitrogens with one attached hydrogen (secondary N) is 2. The molecule has 0 aromatic rings. The molecule has 0 saturated heterocycles. The Bertz CT molecular complexity index is 201. The Kier molecular flexibility index (Phi) is 5.21. The predicted octanol–water partition coefficient (Wildman–Crippen LogP) is 3.49. The van der Waals surface area contributed by atoms with E-state index in [-0.39, 0.29) is 0 Å². The second kappa shape index (κ2) is 6.68. The third-order valence-electron chi connectivity index (χ3n) is 3.81. The van der Waals surface area contributed by atoms with Gasteiger partial charge in [0.1, 0.15) is 0 Å². The van der Waals surface area contributed by atoms with Gasteiger partial charge in [0, 0.05) is 0 Å². The van der Waals surface area contributed by atoms with Crippen LogP contribution in [0.15, 0.2) is 0 Å². The van der Waals surface area contributed by atoms with E-state index in [0.717, 1.165) is 0 Å². The van der Waals surface area contributed by atoms with Gasteiger partial charge in [-0.15, -0.1) is 0 Å². The molecule has 0 amide bonds. The fraction of sp³-hybridized carbons (Fsp3) is 1.00. The van der Waals surface area contributed by atoms with E-state index < -0.39 is 8.10 Å². The van der Waals surface area contributed by atoms with Gasteiger partial charge in [-0.05, 0) is 30.2 Å². The summed E-state index contributed by atoms with van der Waals surface area (Å²) in [6.07, 6.45) is 12.7. The van der Waals surface area contributed by atoms with Crippen LogP contribution in [0.5, 0.6) is 0 Å². The topological polar surface area (TPSA) is 41.1 Å². The highest BCUT2D eigenvalue weighted by Gasteiger charge is 2.27. The van der Waals surface area contributed by atoms with Gasteiger partial charge in [-0.2, -0.15) is 0 Å². The second-order valence-corrected chi connectivity index (χ2v) is 6.33. The summed E-state index contributed by atoms with van der Waals surface area (Å²) in [5, 5.41) is 6.53. The molecular formula is C12H24N2OP+. The van der Waals surface area contributed by atoms with E-state index in [4.69, 9.17) is 0 Å². The van der Waals surface area contributed by atoms with Crippen molar-refractivity contribution in [2.75, 3.05) is 0 Å². The molecule has 0 heterocycles. The van der Waals surface area contributed by atoms with Crippen molar-refractivity contribution >= 4 is 8.10 Å². The van der Waals surface area contributed by atoms with Gasteiger partial charge in [0.15, 0.2) is 0 Å². The highest BCUT2D eigenvalue weighted by molar-refractivity contribution is 7.40. The standard InChI is InChI=1S/C12H24N2OP/c15-16(13-11-7-3-1-4-8-11)14-12-9-5-2-6-10-12/h11-12H,1-10H2,(H2,13,14,15)/q+1. The van der Waals surface area contributed by atoms with Crippen LogP contribution in [0.4, 0.5) is 0 Å². The summed E-state index contributed by atoms with van der Waals surface area (Å²) in [5.74, 6) is 0. The zero-order valence-electron chi connectivity index (χ0n) is 10.1. The van der Waals surface area contributed by atoms with Gasteiger partial charge < -0.3 is 0 Å². The molecule has 0 aromatic carbocycles. The van der Waals surface area contributed by atoms with Crippen molar-refractivity contribution in [3.63, 3.8) is 0 Å². The summed E-state index contributed by atoms with van der Waals surface area (Å²) in [4.78, 5) is 0. The zero-order chi connectivity index (χ0) is 11.2. The number of hydrogen-bond donors (Lipinski definition) is 2. The lowest BCUT2D eigenvalue weighted by Crippen LogP contribution is -2.33. The Morgan fingerprint density at radius 1 is 0.688 bits per heavy atom. The summed E-state index contributed by atoms with van der Waals surface area (Å²) in [6, 6.07) is 0.988. The molecule has 2 aliphatic carbocycles. The van der Waals surface area contributed by atoms with E-state index in [1.165, 1.54) is 64.2 Å². The molecule has 0 aliphatic heterocycles. The fourth-order valence-electron chi connectivity index (χ4n) is 2.83. The molecule has 0 aromatic heterocycles. The summed E-state index contributed by atoms with van der Waals surface area (Å²) < 4.78 is 11.9. The van der Waals surface area contributed by atoms with Crippen LogP contribution in [0.25, 0.3) is 0 Å². The van der Waals surface area contributed by atoms with Crippen molar-refractivity contribution in [3.05, 3.63) is 0 Å². The van der Waals surface area contributed by atoms with Crippen molar-refractivity contribution in [3.8, 4) is 0 Å². The Morgan fingerprint density at radius 2 is 1.06 bits per heavy atom. The monoisotopic (exact) mass is 243 g/mol. The van der Waals surface area contributed by atoms with E-state index in [0.29, 0.717) is 12.1 Å². The minimum atomic E-state index is -1.38. The van der Waals surface area contributed by atoms with Crippen molar-refractivity contribution in [2.24, 2.45) is 0 Å². The van der Waals surface area contributed by atoms with Crippen LogP contribution in [-0.4, -0.2) is 12.1 Å². The van der Waals surface area contributed by atoms with Gasteiger partial charge in [0.05, 0.1) is 12.1 Å². The summed E-state index contributed by atoms with van der Waals surface area (Å²) in [7, 11) is -1.38. The summed E-state index contributed by atoms with van der Waals surface area (Å²) in [6.45, 7) is 0.